The van der Waals surface area contributed by atoms with Gasteiger partial charge in [0.2, 0.25) is 0 Å². The van der Waals surface area contributed by atoms with Gasteiger partial charge in [0.15, 0.2) is 0 Å². The Bertz CT molecular complexity index is 367. The Morgan fingerprint density at radius 1 is 1.50 bits per heavy atom. The molecule has 7 nitrogen and oxygen atoms in total. The lowest BCUT2D eigenvalue weighted by atomic mass is 10.2. The zero-order valence-electron chi connectivity index (χ0n) is 9.12. The fraction of sp³-hybridized carbons (Fsp3) is 0.875. The summed E-state index contributed by atoms with van der Waals surface area (Å²) < 4.78 is 26.6. The molecular weight excluding hydrogens is 236 g/mol. The quantitative estimate of drug-likeness (QED) is 0.579. The van der Waals surface area contributed by atoms with Gasteiger partial charge >= 0.3 is 5.97 Å². The molecule has 8 heteroatoms. The molecule has 0 unspecified atom stereocenters. The summed E-state index contributed by atoms with van der Waals surface area (Å²) in [6, 6.07) is -1.51. The minimum Gasteiger partial charge on any atom is -0.480 e. The molecule has 0 bridgehead atoms. The highest BCUT2D eigenvalue weighted by atomic mass is 32.2. The maximum Gasteiger partial charge on any atom is 0.322 e. The number of aliphatic hydroxyl groups is 1. The highest BCUT2D eigenvalue weighted by Crippen LogP contribution is 2.21. The average molecular weight is 252 g/mol. The van der Waals surface area contributed by atoms with Crippen LogP contribution in [0.15, 0.2) is 0 Å². The lowest BCUT2D eigenvalue weighted by molar-refractivity contribution is -0.140. The van der Waals surface area contributed by atoms with Gasteiger partial charge in [-0.15, -0.1) is 0 Å². The van der Waals surface area contributed by atoms with E-state index in [9.17, 15) is 18.3 Å². The van der Waals surface area contributed by atoms with Gasteiger partial charge in [0, 0.05) is 19.0 Å². The topological polar surface area (TPSA) is 107 Å². The van der Waals surface area contributed by atoms with E-state index in [0.29, 0.717) is 0 Å². The zero-order valence-corrected chi connectivity index (χ0v) is 9.94. The molecule has 2 atom stereocenters. The second-order valence-electron chi connectivity index (χ2n) is 4.09. The number of carboxylic acid groups (broad SMARTS) is 1. The molecule has 0 aromatic heterocycles. The molecule has 1 rings (SSSR count). The number of nitrogens with one attached hydrogen (secondary N) is 1. The Kier molecular flexibility index (Phi) is 3.89. The fourth-order valence-electron chi connectivity index (χ4n) is 1.64. The van der Waals surface area contributed by atoms with Crippen LogP contribution in [0.3, 0.4) is 0 Å². The van der Waals surface area contributed by atoms with Crippen molar-refractivity contribution in [2.75, 3.05) is 6.54 Å². The number of hydrogen-bond donors (Lipinski definition) is 3. The van der Waals surface area contributed by atoms with E-state index < -0.39 is 28.3 Å². The molecule has 1 saturated heterocycles. The van der Waals surface area contributed by atoms with Crippen LogP contribution >= 0.6 is 0 Å². The van der Waals surface area contributed by atoms with Gasteiger partial charge in [-0.2, -0.15) is 17.4 Å². The standard InChI is InChI=1S/C8H16N2O5S/c1-5(2)9-16(14,15)10-4-6(11)3-7(10)8(12)13/h5-7,9,11H,3-4H2,1-2H3,(H,12,13)/t6-,7-/m1/s1. The van der Waals surface area contributed by atoms with E-state index in [2.05, 4.69) is 4.72 Å². The lowest BCUT2D eigenvalue weighted by Crippen LogP contribution is -2.48. The van der Waals surface area contributed by atoms with E-state index in [1.807, 2.05) is 0 Å². The number of rotatable bonds is 4. The van der Waals surface area contributed by atoms with Crippen molar-refractivity contribution in [2.24, 2.45) is 0 Å². The fourth-order valence-corrected chi connectivity index (χ4v) is 3.25. The lowest BCUT2D eigenvalue weighted by Gasteiger charge is -2.22. The third-order valence-corrected chi connectivity index (χ3v) is 4.00. The number of aliphatic hydroxyl groups excluding tert-OH is 1. The van der Waals surface area contributed by atoms with Gasteiger partial charge in [-0.3, -0.25) is 4.79 Å². The summed E-state index contributed by atoms with van der Waals surface area (Å²) in [5.74, 6) is -1.24. The molecule has 1 fully saturated rings. The van der Waals surface area contributed by atoms with Crippen molar-refractivity contribution in [3.8, 4) is 0 Å². The average Bonchev–Trinajstić information content (AvgIpc) is 2.45. The van der Waals surface area contributed by atoms with Crippen molar-refractivity contribution in [3.05, 3.63) is 0 Å². The number of hydrogen-bond acceptors (Lipinski definition) is 4. The summed E-state index contributed by atoms with van der Waals surface area (Å²) in [4.78, 5) is 10.8. The number of carboxylic acids is 1. The summed E-state index contributed by atoms with van der Waals surface area (Å²) in [5.41, 5.74) is 0. The molecule has 0 aromatic rings. The Balaban J connectivity index is 2.89. The van der Waals surface area contributed by atoms with Crippen molar-refractivity contribution in [3.63, 3.8) is 0 Å². The van der Waals surface area contributed by atoms with Gasteiger partial charge in [0.25, 0.3) is 10.2 Å². The number of carbonyl (C=O) groups is 1. The minimum atomic E-state index is -3.84. The largest absolute Gasteiger partial charge is 0.480 e. The maximum atomic E-state index is 11.7. The molecule has 0 aromatic carbocycles. The van der Waals surface area contributed by atoms with Crippen LogP contribution in [0.4, 0.5) is 0 Å². The molecule has 3 N–H and O–H groups in total. The van der Waals surface area contributed by atoms with Gasteiger partial charge in [-0.1, -0.05) is 0 Å². The summed E-state index contributed by atoms with van der Waals surface area (Å²) in [5, 5.41) is 18.2. The first-order valence-corrected chi connectivity index (χ1v) is 6.38. The van der Waals surface area contributed by atoms with Crippen molar-refractivity contribution in [1.29, 1.82) is 0 Å². The Hall–Kier alpha value is -0.700. The van der Waals surface area contributed by atoms with Crippen LogP contribution in [-0.4, -0.2) is 53.6 Å². The summed E-state index contributed by atoms with van der Waals surface area (Å²) in [6.45, 7) is 3.10. The smallest absolute Gasteiger partial charge is 0.322 e. The first-order chi connectivity index (χ1) is 7.24. The Morgan fingerprint density at radius 2 is 2.06 bits per heavy atom. The van der Waals surface area contributed by atoms with Gasteiger partial charge in [0.05, 0.1) is 6.10 Å². The van der Waals surface area contributed by atoms with E-state index in [-0.39, 0.29) is 19.0 Å². The van der Waals surface area contributed by atoms with Gasteiger partial charge in [0.1, 0.15) is 6.04 Å². The molecule has 0 spiro atoms. The van der Waals surface area contributed by atoms with E-state index in [1.54, 1.807) is 13.8 Å². The molecule has 1 heterocycles. The third kappa shape index (κ3) is 2.91. The SMILES string of the molecule is CC(C)NS(=O)(=O)N1C[C@H](O)C[C@@H]1C(=O)O. The molecule has 1 aliphatic rings. The molecule has 94 valence electrons. The summed E-state index contributed by atoms with van der Waals surface area (Å²) >= 11 is 0. The second kappa shape index (κ2) is 4.66. The predicted octanol–water partition coefficient (Wildman–Crippen LogP) is -1.25. The van der Waals surface area contributed by atoms with E-state index in [1.165, 1.54) is 0 Å². The van der Waals surface area contributed by atoms with Crippen LogP contribution in [0.25, 0.3) is 0 Å². The second-order valence-corrected chi connectivity index (χ2v) is 5.75. The van der Waals surface area contributed by atoms with Crippen LogP contribution in [-0.2, 0) is 15.0 Å². The molecule has 16 heavy (non-hydrogen) atoms. The van der Waals surface area contributed by atoms with Gasteiger partial charge in [-0.25, -0.2) is 0 Å². The number of β-amino-alcohol motifs (C(OH)–C–C–N with tert-alkyl or cyclic N) is 1. The number of aliphatic carboxylic acids is 1. The van der Waals surface area contributed by atoms with Crippen molar-refractivity contribution >= 4 is 16.2 Å². The van der Waals surface area contributed by atoms with Crippen molar-refractivity contribution in [2.45, 2.75) is 38.5 Å². The van der Waals surface area contributed by atoms with Crippen LogP contribution in [0.2, 0.25) is 0 Å². The molecule has 1 aliphatic heterocycles. The monoisotopic (exact) mass is 252 g/mol. The van der Waals surface area contributed by atoms with E-state index >= 15 is 0 Å². The molecule has 0 amide bonds. The van der Waals surface area contributed by atoms with Crippen LogP contribution in [0.5, 0.6) is 0 Å². The first-order valence-electron chi connectivity index (χ1n) is 4.94. The number of nitrogens with zero attached hydrogens (tertiary/aromatic N) is 1. The normalized spacial score (nSPS) is 27.5. The third-order valence-electron chi connectivity index (χ3n) is 2.21. The molecule has 0 radical (unpaired) electrons. The van der Waals surface area contributed by atoms with E-state index in [0.717, 1.165) is 4.31 Å². The first kappa shape index (κ1) is 13.4. The molecular formula is C8H16N2O5S. The van der Waals surface area contributed by atoms with Crippen LogP contribution in [0.1, 0.15) is 20.3 Å². The molecule has 0 aliphatic carbocycles. The maximum absolute atomic E-state index is 11.7. The van der Waals surface area contributed by atoms with Crippen LogP contribution < -0.4 is 4.72 Å². The summed E-state index contributed by atoms with van der Waals surface area (Å²) in [6.07, 6.45) is -1.00. The van der Waals surface area contributed by atoms with Crippen LogP contribution in [0, 0.1) is 0 Å². The van der Waals surface area contributed by atoms with Gasteiger partial charge in [-0.05, 0) is 13.8 Å². The summed E-state index contributed by atoms with van der Waals surface area (Å²) in [7, 11) is -3.84. The zero-order chi connectivity index (χ0) is 12.5. The highest BCUT2D eigenvalue weighted by Gasteiger charge is 2.42. The molecule has 0 saturated carbocycles. The van der Waals surface area contributed by atoms with Crippen molar-refractivity contribution < 1.29 is 23.4 Å². The minimum absolute atomic E-state index is 0.0751. The Labute approximate surface area is 94.2 Å². The Morgan fingerprint density at radius 3 is 2.50 bits per heavy atom. The highest BCUT2D eigenvalue weighted by molar-refractivity contribution is 7.87. The predicted molar refractivity (Wildman–Crippen MR) is 55.9 cm³/mol. The van der Waals surface area contributed by atoms with Crippen molar-refractivity contribution in [1.82, 2.24) is 9.03 Å². The van der Waals surface area contributed by atoms with E-state index in [4.69, 9.17) is 5.11 Å². The van der Waals surface area contributed by atoms with Gasteiger partial charge < -0.3 is 10.2 Å².